The molecule has 2 unspecified atom stereocenters. The molecule has 1 aromatic carbocycles. The van der Waals surface area contributed by atoms with Gasteiger partial charge in [-0.1, -0.05) is 19.1 Å². The van der Waals surface area contributed by atoms with Crippen molar-refractivity contribution in [1.82, 2.24) is 0 Å². The van der Waals surface area contributed by atoms with E-state index in [2.05, 4.69) is 12.2 Å². The lowest BCUT2D eigenvalue weighted by Gasteiger charge is -2.22. The van der Waals surface area contributed by atoms with Crippen LogP contribution in [0.2, 0.25) is 0 Å². The number of rotatable bonds is 5. The first-order chi connectivity index (χ1) is 9.04. The van der Waals surface area contributed by atoms with Gasteiger partial charge in [0.15, 0.2) is 9.84 Å². The zero-order chi connectivity index (χ0) is 13.9. The van der Waals surface area contributed by atoms with Gasteiger partial charge in [0.05, 0.1) is 22.9 Å². The summed E-state index contributed by atoms with van der Waals surface area (Å²) in [5.41, 5.74) is 0.698. The summed E-state index contributed by atoms with van der Waals surface area (Å²) in [4.78, 5) is 0.392. The molecule has 0 aromatic heterocycles. The summed E-state index contributed by atoms with van der Waals surface area (Å²) in [5, 5.41) is 3.33. The van der Waals surface area contributed by atoms with Crippen LogP contribution in [0.1, 0.15) is 20.3 Å². The fraction of sp³-hybridized carbons (Fsp3) is 0.571. The van der Waals surface area contributed by atoms with Gasteiger partial charge >= 0.3 is 0 Å². The number of hydrogen-bond acceptors (Lipinski definition) is 4. The van der Waals surface area contributed by atoms with E-state index < -0.39 is 9.84 Å². The lowest BCUT2D eigenvalue weighted by Crippen LogP contribution is -2.27. The smallest absolute Gasteiger partial charge is 0.180 e. The maximum atomic E-state index is 12.1. The van der Waals surface area contributed by atoms with E-state index in [-0.39, 0.29) is 11.8 Å². The summed E-state index contributed by atoms with van der Waals surface area (Å²) in [6, 6.07) is 7.32. The van der Waals surface area contributed by atoms with Crippen molar-refractivity contribution in [3.8, 4) is 0 Å². The van der Waals surface area contributed by atoms with E-state index in [4.69, 9.17) is 4.74 Å². The molecule has 0 spiro atoms. The van der Waals surface area contributed by atoms with E-state index in [1.165, 1.54) is 0 Å². The molecule has 4 nitrogen and oxygen atoms in total. The van der Waals surface area contributed by atoms with Crippen molar-refractivity contribution in [3.05, 3.63) is 24.3 Å². The minimum atomic E-state index is -3.19. The third kappa shape index (κ3) is 3.28. The molecule has 2 atom stereocenters. The summed E-state index contributed by atoms with van der Waals surface area (Å²) in [5.74, 6) is 0.560. The molecule has 1 aliphatic heterocycles. The van der Waals surface area contributed by atoms with Gasteiger partial charge < -0.3 is 10.1 Å². The third-order valence-corrected chi connectivity index (χ3v) is 5.44. The second kappa shape index (κ2) is 5.92. The Kier molecular flexibility index (Phi) is 4.47. The van der Waals surface area contributed by atoms with Crippen LogP contribution in [0, 0.1) is 5.92 Å². The largest absolute Gasteiger partial charge is 0.381 e. The van der Waals surface area contributed by atoms with Crippen molar-refractivity contribution < 1.29 is 13.2 Å². The maximum Gasteiger partial charge on any atom is 0.180 e. The van der Waals surface area contributed by atoms with Crippen molar-refractivity contribution >= 4 is 15.5 Å². The van der Waals surface area contributed by atoms with Crippen LogP contribution in [0.4, 0.5) is 5.69 Å². The summed E-state index contributed by atoms with van der Waals surface area (Å²) < 4.78 is 29.5. The van der Waals surface area contributed by atoms with Gasteiger partial charge in [0, 0.05) is 18.6 Å². The molecule has 1 heterocycles. The molecule has 0 saturated carbocycles. The highest BCUT2D eigenvalue weighted by Gasteiger charge is 2.24. The Morgan fingerprint density at radius 1 is 1.42 bits per heavy atom. The third-order valence-electron chi connectivity index (χ3n) is 3.66. The highest BCUT2D eigenvalue weighted by atomic mass is 32.2. The van der Waals surface area contributed by atoms with Crippen LogP contribution in [-0.2, 0) is 14.6 Å². The molecule has 0 aliphatic carbocycles. The topological polar surface area (TPSA) is 55.4 Å². The predicted molar refractivity (Wildman–Crippen MR) is 76.2 cm³/mol. The summed E-state index contributed by atoms with van der Waals surface area (Å²) in [6.45, 7) is 5.29. The van der Waals surface area contributed by atoms with E-state index in [1.807, 2.05) is 12.1 Å². The van der Waals surface area contributed by atoms with E-state index >= 15 is 0 Å². The van der Waals surface area contributed by atoms with Gasteiger partial charge in [-0.2, -0.15) is 0 Å². The van der Waals surface area contributed by atoms with Crippen molar-refractivity contribution in [1.29, 1.82) is 0 Å². The van der Waals surface area contributed by atoms with Gasteiger partial charge in [-0.05, 0) is 25.5 Å². The van der Waals surface area contributed by atoms with Crippen LogP contribution in [0.3, 0.4) is 0 Å². The van der Waals surface area contributed by atoms with Crippen LogP contribution in [0.15, 0.2) is 29.2 Å². The number of sulfone groups is 1. The molecule has 106 valence electrons. The number of benzene rings is 1. The van der Waals surface area contributed by atoms with Crippen molar-refractivity contribution in [3.63, 3.8) is 0 Å². The van der Waals surface area contributed by atoms with Gasteiger partial charge in [0.1, 0.15) is 0 Å². The van der Waals surface area contributed by atoms with E-state index in [1.54, 1.807) is 19.1 Å². The Balaban J connectivity index is 2.20. The molecule has 5 heteroatoms. The summed E-state index contributed by atoms with van der Waals surface area (Å²) in [6.07, 6.45) is 1.02. The first-order valence-electron chi connectivity index (χ1n) is 6.70. The van der Waals surface area contributed by atoms with Gasteiger partial charge in [-0.3, -0.25) is 0 Å². The SMILES string of the molecule is CCS(=O)(=O)c1ccccc1NC(C)C1CCOC1. The van der Waals surface area contributed by atoms with Crippen LogP contribution >= 0.6 is 0 Å². The number of ether oxygens (including phenoxy) is 1. The van der Waals surface area contributed by atoms with Crippen LogP contribution in [0.25, 0.3) is 0 Å². The molecule has 1 saturated heterocycles. The van der Waals surface area contributed by atoms with Crippen LogP contribution in [-0.4, -0.2) is 33.4 Å². The maximum absolute atomic E-state index is 12.1. The average molecular weight is 283 g/mol. The second-order valence-corrected chi connectivity index (χ2v) is 7.20. The number of nitrogens with one attached hydrogen (secondary N) is 1. The molecule has 0 bridgehead atoms. The average Bonchev–Trinajstić information content (AvgIpc) is 2.93. The highest BCUT2D eigenvalue weighted by molar-refractivity contribution is 7.91. The lowest BCUT2D eigenvalue weighted by molar-refractivity contribution is 0.183. The van der Waals surface area contributed by atoms with Crippen LogP contribution < -0.4 is 5.32 Å². The summed E-state index contributed by atoms with van der Waals surface area (Å²) >= 11 is 0. The number of para-hydroxylation sites is 1. The lowest BCUT2D eigenvalue weighted by atomic mass is 10.0. The Labute approximate surface area is 115 Å². The monoisotopic (exact) mass is 283 g/mol. The first-order valence-corrected chi connectivity index (χ1v) is 8.36. The molecule has 1 aliphatic rings. The van der Waals surface area contributed by atoms with Gasteiger partial charge in [-0.15, -0.1) is 0 Å². The van der Waals surface area contributed by atoms with E-state index in [9.17, 15) is 8.42 Å². The Morgan fingerprint density at radius 2 is 2.16 bits per heavy atom. The number of hydrogen-bond donors (Lipinski definition) is 1. The fourth-order valence-corrected chi connectivity index (χ4v) is 3.38. The Morgan fingerprint density at radius 3 is 2.79 bits per heavy atom. The van der Waals surface area contributed by atoms with Crippen LogP contribution in [0.5, 0.6) is 0 Å². The van der Waals surface area contributed by atoms with Gasteiger partial charge in [0.25, 0.3) is 0 Å². The predicted octanol–water partition coefficient (Wildman–Crippen LogP) is 2.32. The molecular formula is C14H21NO3S. The fourth-order valence-electron chi connectivity index (χ4n) is 2.32. The highest BCUT2D eigenvalue weighted by Crippen LogP contribution is 2.26. The molecule has 1 fully saturated rings. The van der Waals surface area contributed by atoms with E-state index in [0.29, 0.717) is 16.5 Å². The first kappa shape index (κ1) is 14.3. The van der Waals surface area contributed by atoms with Crippen molar-refractivity contribution in [2.75, 3.05) is 24.3 Å². The van der Waals surface area contributed by atoms with E-state index in [0.717, 1.165) is 19.6 Å². The molecular weight excluding hydrogens is 262 g/mol. The number of anilines is 1. The standard InChI is InChI=1S/C14H21NO3S/c1-3-19(16,17)14-7-5-4-6-13(14)15-11(2)12-8-9-18-10-12/h4-7,11-12,15H,3,8-10H2,1-2H3. The molecule has 0 radical (unpaired) electrons. The van der Waals surface area contributed by atoms with Gasteiger partial charge in [-0.25, -0.2) is 8.42 Å². The van der Waals surface area contributed by atoms with Gasteiger partial charge in [0.2, 0.25) is 0 Å². The molecule has 0 amide bonds. The zero-order valence-corrected chi connectivity index (χ0v) is 12.2. The molecule has 1 N–H and O–H groups in total. The minimum absolute atomic E-state index is 0.118. The summed E-state index contributed by atoms with van der Waals surface area (Å²) in [7, 11) is -3.19. The normalized spacial score (nSPS) is 21.3. The molecule has 19 heavy (non-hydrogen) atoms. The molecule has 2 rings (SSSR count). The Bertz CT molecular complexity index is 521. The Hall–Kier alpha value is -1.07. The molecule has 1 aromatic rings. The van der Waals surface area contributed by atoms with Crippen molar-refractivity contribution in [2.24, 2.45) is 5.92 Å². The second-order valence-electron chi connectivity index (χ2n) is 4.96. The zero-order valence-electron chi connectivity index (χ0n) is 11.4. The van der Waals surface area contributed by atoms with Crippen molar-refractivity contribution in [2.45, 2.75) is 31.2 Å². The quantitative estimate of drug-likeness (QED) is 0.901. The minimum Gasteiger partial charge on any atom is -0.381 e.